The van der Waals surface area contributed by atoms with Crippen LogP contribution in [0.3, 0.4) is 0 Å². The summed E-state index contributed by atoms with van der Waals surface area (Å²) < 4.78 is 5.48. The van der Waals surface area contributed by atoms with Crippen LogP contribution in [0.1, 0.15) is 36.6 Å². The van der Waals surface area contributed by atoms with Gasteiger partial charge in [0, 0.05) is 15.6 Å². The number of benzene rings is 4. The van der Waals surface area contributed by atoms with Gasteiger partial charge >= 0.3 is 5.97 Å². The van der Waals surface area contributed by atoms with Gasteiger partial charge in [0.25, 0.3) is 11.8 Å². The van der Waals surface area contributed by atoms with E-state index in [2.05, 4.69) is 15.8 Å². The van der Waals surface area contributed by atoms with Gasteiger partial charge in [-0.1, -0.05) is 70.7 Å². The number of hydrogen-bond acceptors (Lipinski definition) is 5. The van der Waals surface area contributed by atoms with Crippen molar-refractivity contribution >= 4 is 76.1 Å². The summed E-state index contributed by atoms with van der Waals surface area (Å²) in [5, 5.41) is 7.75. The molecule has 0 spiro atoms. The highest BCUT2D eigenvalue weighted by Gasteiger charge is 2.17. The van der Waals surface area contributed by atoms with Crippen LogP contribution in [0.4, 0.5) is 5.69 Å². The molecule has 0 aromatic heterocycles. The van der Waals surface area contributed by atoms with Crippen LogP contribution in [0, 0.1) is 0 Å². The lowest BCUT2D eigenvalue weighted by atomic mass is 10.1. The zero-order valence-corrected chi connectivity index (χ0v) is 22.8. The molecule has 7 nitrogen and oxygen atoms in total. The van der Waals surface area contributed by atoms with Crippen molar-refractivity contribution in [1.29, 1.82) is 0 Å². The van der Waals surface area contributed by atoms with Crippen molar-refractivity contribution in [2.75, 3.05) is 5.32 Å². The maximum absolute atomic E-state index is 12.9. The monoisotopic (exact) mass is 599 g/mol. The lowest BCUT2D eigenvalue weighted by Gasteiger charge is -2.11. The van der Waals surface area contributed by atoms with E-state index in [1.165, 1.54) is 48.7 Å². The average molecular weight is 601 g/mol. The fourth-order valence-corrected chi connectivity index (χ4v) is 4.34. The maximum Gasteiger partial charge on any atom is 0.345 e. The second-order valence-corrected chi connectivity index (χ2v) is 9.56. The molecule has 0 bridgehead atoms. The van der Waals surface area contributed by atoms with Crippen LogP contribution in [0.15, 0.2) is 90.0 Å². The van der Waals surface area contributed by atoms with Gasteiger partial charge in [-0.2, -0.15) is 5.10 Å². The molecule has 0 aliphatic heterocycles. The molecule has 0 radical (unpaired) electrons. The Balaban J connectivity index is 1.46. The molecule has 0 unspecified atom stereocenters. The highest BCUT2D eigenvalue weighted by atomic mass is 35.5. The number of rotatable bonds is 7. The van der Waals surface area contributed by atoms with E-state index in [4.69, 9.17) is 51.1 Å². The number of hydrogen-bond donors (Lipinski definition) is 2. The molecule has 4 rings (SSSR count). The van der Waals surface area contributed by atoms with E-state index in [1.807, 2.05) is 0 Å². The largest absolute Gasteiger partial charge is 0.422 e. The summed E-state index contributed by atoms with van der Waals surface area (Å²) in [6.07, 6.45) is 1.32. The maximum atomic E-state index is 12.9. The molecule has 0 saturated carbocycles. The van der Waals surface area contributed by atoms with Crippen molar-refractivity contribution in [3.8, 4) is 5.75 Å². The molecule has 4 aromatic carbocycles. The van der Waals surface area contributed by atoms with Gasteiger partial charge in [0.05, 0.1) is 38.6 Å². The third-order valence-electron chi connectivity index (χ3n) is 5.24. The van der Waals surface area contributed by atoms with E-state index in [0.29, 0.717) is 15.6 Å². The number of nitrogens with zero attached hydrogens (tertiary/aromatic N) is 1. The van der Waals surface area contributed by atoms with Gasteiger partial charge in [0.1, 0.15) is 5.75 Å². The van der Waals surface area contributed by atoms with Crippen LogP contribution in [-0.2, 0) is 0 Å². The second kappa shape index (κ2) is 12.8. The molecule has 0 aliphatic rings. The Hall–Kier alpha value is -3.88. The number of nitrogens with one attached hydrogen (secondary N) is 2. The Morgan fingerprint density at radius 1 is 0.692 bits per heavy atom. The molecule has 196 valence electrons. The van der Waals surface area contributed by atoms with Crippen molar-refractivity contribution in [2.24, 2.45) is 5.10 Å². The van der Waals surface area contributed by atoms with Gasteiger partial charge in [-0.3, -0.25) is 9.59 Å². The van der Waals surface area contributed by atoms with Gasteiger partial charge in [-0.15, -0.1) is 0 Å². The first kappa shape index (κ1) is 28.1. The number of halogens is 4. The molecule has 0 saturated heterocycles. The zero-order valence-electron chi connectivity index (χ0n) is 19.8. The fraction of sp³-hybridized carbons (Fsp3) is 0. The molecule has 0 heterocycles. The predicted octanol–water partition coefficient (Wildman–Crippen LogP) is 7.54. The third-order valence-corrected chi connectivity index (χ3v) is 6.33. The number of ether oxygens (including phenoxy) is 1. The van der Waals surface area contributed by atoms with Crippen LogP contribution < -0.4 is 15.5 Å². The Kier molecular flexibility index (Phi) is 9.22. The van der Waals surface area contributed by atoms with E-state index in [1.54, 1.807) is 42.5 Å². The molecule has 39 heavy (non-hydrogen) atoms. The summed E-state index contributed by atoms with van der Waals surface area (Å²) in [4.78, 5) is 38.2. The van der Waals surface area contributed by atoms with Gasteiger partial charge in [0.2, 0.25) is 0 Å². The highest BCUT2D eigenvalue weighted by Crippen LogP contribution is 2.25. The van der Waals surface area contributed by atoms with E-state index in [9.17, 15) is 14.4 Å². The summed E-state index contributed by atoms with van der Waals surface area (Å²) >= 11 is 24.0. The minimum atomic E-state index is -0.688. The number of amides is 2. The number of esters is 1. The predicted molar refractivity (Wildman–Crippen MR) is 154 cm³/mol. The molecular weight excluding hydrogens is 584 g/mol. The molecule has 0 fully saturated rings. The molecular formula is C28H17Cl4N3O4. The van der Waals surface area contributed by atoms with Crippen molar-refractivity contribution in [3.05, 3.63) is 127 Å². The Bertz CT molecular complexity index is 1610. The zero-order chi connectivity index (χ0) is 27.9. The van der Waals surface area contributed by atoms with E-state index < -0.39 is 17.8 Å². The van der Waals surface area contributed by atoms with E-state index in [0.717, 1.165) is 0 Å². The molecule has 11 heteroatoms. The Labute approximate surface area is 243 Å². The standard InChI is InChI=1S/C28H17Cl4N3O4/c29-17-9-11-19(22(31)13-17)26(36)34-24-7-3-2-6-21(24)27(37)35-33-15-16-5-1-4-8-25(16)39-28(38)20-12-10-18(30)14-23(20)32/h1-15H,(H,34,36)(H,35,37)/b33-15-. The first-order valence-corrected chi connectivity index (χ1v) is 12.7. The van der Waals surface area contributed by atoms with Crippen LogP contribution in [0.25, 0.3) is 0 Å². The number of anilines is 1. The first-order chi connectivity index (χ1) is 18.7. The van der Waals surface area contributed by atoms with Crippen LogP contribution in [-0.4, -0.2) is 24.0 Å². The lowest BCUT2D eigenvalue weighted by Crippen LogP contribution is -2.21. The molecule has 0 aliphatic carbocycles. The molecule has 0 atom stereocenters. The summed E-state index contributed by atoms with van der Waals surface area (Å²) in [6, 6.07) is 21.9. The fourth-order valence-electron chi connectivity index (χ4n) is 3.36. The van der Waals surface area contributed by atoms with Crippen molar-refractivity contribution in [1.82, 2.24) is 5.43 Å². The van der Waals surface area contributed by atoms with Crippen LogP contribution in [0.2, 0.25) is 20.1 Å². The topological polar surface area (TPSA) is 96.9 Å². The van der Waals surface area contributed by atoms with Crippen molar-refractivity contribution in [3.63, 3.8) is 0 Å². The van der Waals surface area contributed by atoms with Gasteiger partial charge in [-0.25, -0.2) is 10.2 Å². The van der Waals surface area contributed by atoms with E-state index >= 15 is 0 Å². The van der Waals surface area contributed by atoms with Gasteiger partial charge < -0.3 is 10.1 Å². The van der Waals surface area contributed by atoms with Crippen molar-refractivity contribution < 1.29 is 19.1 Å². The van der Waals surface area contributed by atoms with E-state index in [-0.39, 0.29) is 38.2 Å². The summed E-state index contributed by atoms with van der Waals surface area (Å²) in [6.45, 7) is 0. The minimum Gasteiger partial charge on any atom is -0.422 e. The normalized spacial score (nSPS) is 10.8. The summed E-state index contributed by atoms with van der Waals surface area (Å²) in [7, 11) is 0. The van der Waals surface area contributed by atoms with Crippen LogP contribution >= 0.6 is 46.4 Å². The van der Waals surface area contributed by atoms with Crippen LogP contribution in [0.5, 0.6) is 5.75 Å². The number of carbonyl (C=O) groups excluding carboxylic acids is 3. The van der Waals surface area contributed by atoms with Gasteiger partial charge in [-0.05, 0) is 60.7 Å². The molecule has 2 amide bonds. The summed E-state index contributed by atoms with van der Waals surface area (Å²) in [5.74, 6) is -1.60. The highest BCUT2D eigenvalue weighted by molar-refractivity contribution is 6.37. The lowest BCUT2D eigenvalue weighted by molar-refractivity contribution is 0.0734. The number of para-hydroxylation sites is 2. The Morgan fingerprint density at radius 2 is 1.31 bits per heavy atom. The summed E-state index contributed by atoms with van der Waals surface area (Å²) in [5.41, 5.74) is 3.56. The Morgan fingerprint density at radius 3 is 2.00 bits per heavy atom. The molecule has 2 N–H and O–H groups in total. The number of carbonyl (C=O) groups is 3. The SMILES string of the molecule is O=C(Nc1ccccc1C(=O)N/N=C\c1ccccc1OC(=O)c1ccc(Cl)cc1Cl)c1ccc(Cl)cc1Cl. The first-order valence-electron chi connectivity index (χ1n) is 11.2. The number of hydrazone groups is 1. The molecule has 4 aromatic rings. The second-order valence-electron chi connectivity index (χ2n) is 7.87. The third kappa shape index (κ3) is 7.16. The smallest absolute Gasteiger partial charge is 0.345 e. The quantitative estimate of drug-likeness (QED) is 0.0991. The van der Waals surface area contributed by atoms with Crippen molar-refractivity contribution in [2.45, 2.75) is 0 Å². The minimum absolute atomic E-state index is 0.139. The average Bonchev–Trinajstić information content (AvgIpc) is 2.89. The van der Waals surface area contributed by atoms with Gasteiger partial charge in [0.15, 0.2) is 0 Å².